The number of nitrogens with two attached hydrogens (primary N) is 1. The predicted molar refractivity (Wildman–Crippen MR) is 73.7 cm³/mol. The molecule has 4 heteroatoms. The summed E-state index contributed by atoms with van der Waals surface area (Å²) in [6.07, 6.45) is 0.466. The topological polar surface area (TPSA) is 58.7 Å². The molecule has 0 saturated carbocycles. The average molecular weight is 252 g/mol. The summed E-state index contributed by atoms with van der Waals surface area (Å²) < 4.78 is 5.23. The summed E-state index contributed by atoms with van der Waals surface area (Å²) >= 11 is 0. The molecule has 1 aromatic rings. The number of ether oxygens (including phenoxy) is 1. The van der Waals surface area contributed by atoms with Crippen molar-refractivity contribution in [2.24, 2.45) is 5.73 Å². The van der Waals surface area contributed by atoms with Crippen LogP contribution in [0.5, 0.6) is 5.75 Å². The highest BCUT2D eigenvalue weighted by Crippen LogP contribution is 2.22. The van der Waals surface area contributed by atoms with Gasteiger partial charge in [0.1, 0.15) is 5.75 Å². The Morgan fingerprint density at radius 1 is 1.44 bits per heavy atom. The van der Waals surface area contributed by atoms with Crippen molar-refractivity contribution in [3.05, 3.63) is 29.8 Å². The van der Waals surface area contributed by atoms with Crippen molar-refractivity contribution in [3.8, 4) is 5.75 Å². The fraction of sp³-hybridized carbons (Fsp3) is 0.571. The standard InChI is InChI=1S/C14H24N2O2/c1-11(17)7-8-16(2)14(10-15)12-5-4-6-13(9-12)18-3/h4-6,9,11,14,17H,7-8,10,15H2,1-3H3. The molecule has 2 atom stereocenters. The lowest BCUT2D eigenvalue weighted by molar-refractivity contribution is 0.150. The van der Waals surface area contributed by atoms with Crippen LogP contribution in [0.25, 0.3) is 0 Å². The van der Waals surface area contributed by atoms with Crippen molar-refractivity contribution in [2.45, 2.75) is 25.5 Å². The number of aliphatic hydroxyl groups is 1. The second-order valence-electron chi connectivity index (χ2n) is 4.65. The molecule has 0 aliphatic carbocycles. The minimum absolute atomic E-state index is 0.152. The Hall–Kier alpha value is -1.10. The molecule has 0 amide bonds. The quantitative estimate of drug-likeness (QED) is 0.770. The van der Waals surface area contributed by atoms with Gasteiger partial charge in [-0.3, -0.25) is 4.90 Å². The van der Waals surface area contributed by atoms with Gasteiger partial charge in [-0.05, 0) is 38.1 Å². The van der Waals surface area contributed by atoms with Crippen molar-refractivity contribution in [2.75, 3.05) is 27.2 Å². The van der Waals surface area contributed by atoms with Gasteiger partial charge in [-0.2, -0.15) is 0 Å². The van der Waals surface area contributed by atoms with Gasteiger partial charge in [0.2, 0.25) is 0 Å². The van der Waals surface area contributed by atoms with E-state index in [2.05, 4.69) is 11.0 Å². The number of rotatable bonds is 7. The number of benzene rings is 1. The summed E-state index contributed by atoms with van der Waals surface area (Å²) in [5.74, 6) is 0.842. The van der Waals surface area contributed by atoms with Crippen LogP contribution in [0, 0.1) is 0 Å². The lowest BCUT2D eigenvalue weighted by atomic mass is 10.0. The van der Waals surface area contributed by atoms with Gasteiger partial charge in [-0.15, -0.1) is 0 Å². The van der Waals surface area contributed by atoms with E-state index in [0.717, 1.165) is 24.3 Å². The summed E-state index contributed by atoms with van der Waals surface area (Å²) in [5, 5.41) is 9.33. The molecular formula is C14H24N2O2. The van der Waals surface area contributed by atoms with E-state index >= 15 is 0 Å². The van der Waals surface area contributed by atoms with Gasteiger partial charge in [0.25, 0.3) is 0 Å². The normalized spacial score (nSPS) is 14.6. The molecule has 0 bridgehead atoms. The SMILES string of the molecule is COc1cccc(C(CN)N(C)CCC(C)O)c1. The van der Waals surface area contributed by atoms with Crippen molar-refractivity contribution in [1.82, 2.24) is 4.90 Å². The first kappa shape index (κ1) is 15.0. The van der Waals surface area contributed by atoms with Crippen LogP contribution in [0.2, 0.25) is 0 Å². The summed E-state index contributed by atoms with van der Waals surface area (Å²) in [5.41, 5.74) is 7.00. The number of likely N-dealkylation sites (N-methyl/N-ethyl adjacent to an activating group) is 1. The average Bonchev–Trinajstić information content (AvgIpc) is 2.37. The molecule has 102 valence electrons. The monoisotopic (exact) mass is 252 g/mol. The van der Waals surface area contributed by atoms with Crippen molar-refractivity contribution in [3.63, 3.8) is 0 Å². The molecule has 0 spiro atoms. The van der Waals surface area contributed by atoms with E-state index in [4.69, 9.17) is 10.5 Å². The van der Waals surface area contributed by atoms with Crippen molar-refractivity contribution in [1.29, 1.82) is 0 Å². The van der Waals surface area contributed by atoms with E-state index in [0.29, 0.717) is 6.54 Å². The van der Waals surface area contributed by atoms with E-state index in [9.17, 15) is 5.11 Å². The van der Waals surface area contributed by atoms with Gasteiger partial charge >= 0.3 is 0 Å². The van der Waals surface area contributed by atoms with Crippen LogP contribution in [-0.2, 0) is 0 Å². The number of nitrogens with zero attached hydrogens (tertiary/aromatic N) is 1. The van der Waals surface area contributed by atoms with Gasteiger partial charge in [-0.25, -0.2) is 0 Å². The third-order valence-corrected chi connectivity index (χ3v) is 3.13. The van der Waals surface area contributed by atoms with Crippen LogP contribution in [-0.4, -0.2) is 43.4 Å². The van der Waals surface area contributed by atoms with Crippen LogP contribution >= 0.6 is 0 Å². The highest BCUT2D eigenvalue weighted by molar-refractivity contribution is 5.30. The molecule has 4 nitrogen and oxygen atoms in total. The molecule has 3 N–H and O–H groups in total. The highest BCUT2D eigenvalue weighted by Gasteiger charge is 2.16. The second-order valence-corrected chi connectivity index (χ2v) is 4.65. The van der Waals surface area contributed by atoms with E-state index in [1.807, 2.05) is 25.2 Å². The second kappa shape index (κ2) is 7.36. The van der Waals surface area contributed by atoms with Crippen LogP contribution in [0.3, 0.4) is 0 Å². The molecule has 1 rings (SSSR count). The van der Waals surface area contributed by atoms with Crippen molar-refractivity contribution < 1.29 is 9.84 Å². The predicted octanol–water partition coefficient (Wildman–Crippen LogP) is 1.40. The van der Waals surface area contributed by atoms with Gasteiger partial charge in [-0.1, -0.05) is 12.1 Å². The third-order valence-electron chi connectivity index (χ3n) is 3.13. The molecule has 1 aromatic carbocycles. The summed E-state index contributed by atoms with van der Waals surface area (Å²) in [6, 6.07) is 8.11. The zero-order valence-corrected chi connectivity index (χ0v) is 11.5. The third kappa shape index (κ3) is 4.29. The molecule has 2 unspecified atom stereocenters. The maximum atomic E-state index is 9.33. The molecule has 0 fully saturated rings. The Balaban J connectivity index is 2.74. The van der Waals surface area contributed by atoms with Crippen LogP contribution in [0.4, 0.5) is 0 Å². The summed E-state index contributed by atoms with van der Waals surface area (Å²) in [6.45, 7) is 3.16. The molecule has 0 radical (unpaired) electrons. The first-order chi connectivity index (χ1) is 8.58. The summed E-state index contributed by atoms with van der Waals surface area (Å²) in [7, 11) is 3.69. The molecule has 0 aromatic heterocycles. The molecule has 0 aliphatic heterocycles. The Kier molecular flexibility index (Phi) is 6.12. The summed E-state index contributed by atoms with van der Waals surface area (Å²) in [4.78, 5) is 2.17. The number of hydrogen-bond acceptors (Lipinski definition) is 4. The smallest absolute Gasteiger partial charge is 0.119 e. The lowest BCUT2D eigenvalue weighted by Crippen LogP contribution is -2.32. The fourth-order valence-corrected chi connectivity index (χ4v) is 1.97. The Morgan fingerprint density at radius 3 is 2.72 bits per heavy atom. The first-order valence-electron chi connectivity index (χ1n) is 6.30. The zero-order chi connectivity index (χ0) is 13.5. The van der Waals surface area contributed by atoms with E-state index in [1.54, 1.807) is 14.0 Å². The molecular weight excluding hydrogens is 228 g/mol. The zero-order valence-electron chi connectivity index (χ0n) is 11.5. The number of aliphatic hydroxyl groups excluding tert-OH is 1. The maximum Gasteiger partial charge on any atom is 0.119 e. The first-order valence-corrected chi connectivity index (χ1v) is 6.30. The number of methoxy groups -OCH3 is 1. The van der Waals surface area contributed by atoms with Crippen LogP contribution in [0.15, 0.2) is 24.3 Å². The van der Waals surface area contributed by atoms with Crippen LogP contribution in [0.1, 0.15) is 24.9 Å². The van der Waals surface area contributed by atoms with E-state index in [1.165, 1.54) is 0 Å². The Labute approximate surface area is 109 Å². The van der Waals surface area contributed by atoms with Gasteiger partial charge in [0, 0.05) is 19.1 Å². The largest absolute Gasteiger partial charge is 0.497 e. The Bertz CT molecular complexity index is 355. The van der Waals surface area contributed by atoms with E-state index < -0.39 is 0 Å². The Morgan fingerprint density at radius 2 is 2.17 bits per heavy atom. The molecule has 0 saturated heterocycles. The molecule has 0 aliphatic rings. The van der Waals surface area contributed by atoms with Crippen LogP contribution < -0.4 is 10.5 Å². The molecule has 18 heavy (non-hydrogen) atoms. The lowest BCUT2D eigenvalue weighted by Gasteiger charge is -2.28. The minimum atomic E-state index is -0.281. The highest BCUT2D eigenvalue weighted by atomic mass is 16.5. The van der Waals surface area contributed by atoms with Gasteiger partial charge in [0.05, 0.1) is 13.2 Å². The van der Waals surface area contributed by atoms with Gasteiger partial charge in [0.15, 0.2) is 0 Å². The number of hydrogen-bond donors (Lipinski definition) is 2. The minimum Gasteiger partial charge on any atom is -0.497 e. The van der Waals surface area contributed by atoms with Crippen molar-refractivity contribution >= 4 is 0 Å². The maximum absolute atomic E-state index is 9.33. The fourth-order valence-electron chi connectivity index (χ4n) is 1.97. The van der Waals surface area contributed by atoms with E-state index in [-0.39, 0.29) is 12.1 Å². The molecule has 0 heterocycles. The van der Waals surface area contributed by atoms with Gasteiger partial charge < -0.3 is 15.6 Å².